The zero-order chi connectivity index (χ0) is 13.0. The summed E-state index contributed by atoms with van der Waals surface area (Å²) >= 11 is 5.92. The Morgan fingerprint density at radius 2 is 1.83 bits per heavy atom. The first-order valence-corrected chi connectivity index (χ1v) is 7.34. The van der Waals surface area contributed by atoms with Crippen molar-refractivity contribution >= 4 is 28.1 Å². The predicted molar refractivity (Wildman–Crippen MR) is 77.3 cm³/mol. The van der Waals surface area contributed by atoms with Crippen LogP contribution < -0.4 is 5.73 Å². The van der Waals surface area contributed by atoms with Gasteiger partial charge in [-0.1, -0.05) is 41.9 Å². The van der Waals surface area contributed by atoms with Crippen LogP contribution in [-0.2, 0) is 17.2 Å². The topological polar surface area (TPSA) is 43.1 Å². The second kappa shape index (κ2) is 6.03. The van der Waals surface area contributed by atoms with Crippen molar-refractivity contribution in [2.45, 2.75) is 11.3 Å². The summed E-state index contributed by atoms with van der Waals surface area (Å²) in [4.78, 5) is 0.727. The summed E-state index contributed by atoms with van der Waals surface area (Å²) in [6, 6.07) is 15.1. The number of anilines is 1. The third-order valence-corrected chi connectivity index (χ3v) is 4.34. The van der Waals surface area contributed by atoms with Crippen molar-refractivity contribution in [1.29, 1.82) is 0 Å². The highest BCUT2D eigenvalue weighted by Gasteiger charge is 2.06. The van der Waals surface area contributed by atoms with Gasteiger partial charge in [0.15, 0.2) is 0 Å². The second-order valence-corrected chi connectivity index (χ2v) is 5.95. The van der Waals surface area contributed by atoms with E-state index in [1.165, 1.54) is 5.56 Å². The van der Waals surface area contributed by atoms with Gasteiger partial charge in [0.1, 0.15) is 0 Å². The Kier molecular flexibility index (Phi) is 4.39. The van der Waals surface area contributed by atoms with Crippen molar-refractivity contribution in [3.05, 3.63) is 59.1 Å². The quantitative estimate of drug-likeness (QED) is 0.873. The molecule has 18 heavy (non-hydrogen) atoms. The highest BCUT2D eigenvalue weighted by molar-refractivity contribution is 7.85. The van der Waals surface area contributed by atoms with Crippen molar-refractivity contribution in [3.8, 4) is 0 Å². The Balaban J connectivity index is 2.02. The van der Waals surface area contributed by atoms with E-state index in [-0.39, 0.29) is 0 Å². The Bertz CT molecular complexity index is 557. The first-order chi connectivity index (χ1) is 8.66. The van der Waals surface area contributed by atoms with Crippen molar-refractivity contribution in [2.75, 3.05) is 11.5 Å². The van der Waals surface area contributed by atoms with Crippen LogP contribution in [0, 0.1) is 0 Å². The Labute approximate surface area is 114 Å². The van der Waals surface area contributed by atoms with E-state index in [4.69, 9.17) is 17.3 Å². The Morgan fingerprint density at radius 1 is 1.11 bits per heavy atom. The van der Waals surface area contributed by atoms with Crippen molar-refractivity contribution in [2.24, 2.45) is 0 Å². The molecule has 0 amide bonds. The third-order valence-electron chi connectivity index (χ3n) is 2.65. The van der Waals surface area contributed by atoms with E-state index in [1.807, 2.05) is 30.3 Å². The monoisotopic (exact) mass is 279 g/mol. The van der Waals surface area contributed by atoms with E-state index >= 15 is 0 Å². The van der Waals surface area contributed by atoms with Crippen molar-refractivity contribution in [3.63, 3.8) is 0 Å². The minimum absolute atomic E-state index is 0.459. The summed E-state index contributed by atoms with van der Waals surface area (Å²) in [6.07, 6.45) is 0.787. The largest absolute Gasteiger partial charge is 0.398 e. The molecule has 0 saturated carbocycles. The molecule has 1 atom stereocenters. The van der Waals surface area contributed by atoms with Crippen LogP contribution in [0.25, 0.3) is 0 Å². The fourth-order valence-electron chi connectivity index (χ4n) is 1.62. The van der Waals surface area contributed by atoms with E-state index in [9.17, 15) is 4.21 Å². The van der Waals surface area contributed by atoms with E-state index in [0.717, 1.165) is 11.3 Å². The molecule has 0 saturated heterocycles. The van der Waals surface area contributed by atoms with Gasteiger partial charge in [-0.05, 0) is 30.2 Å². The summed E-state index contributed by atoms with van der Waals surface area (Å²) in [6.45, 7) is 0. The van der Waals surface area contributed by atoms with Crippen LogP contribution in [-0.4, -0.2) is 9.96 Å². The van der Waals surface area contributed by atoms with Gasteiger partial charge in [-0.15, -0.1) is 0 Å². The lowest BCUT2D eigenvalue weighted by molar-refractivity contribution is 0.682. The number of rotatable bonds is 4. The minimum atomic E-state index is -1.04. The van der Waals surface area contributed by atoms with Crippen LogP contribution in [0.2, 0.25) is 5.02 Å². The maximum Gasteiger partial charge on any atom is 0.0647 e. The highest BCUT2D eigenvalue weighted by Crippen LogP contribution is 2.21. The van der Waals surface area contributed by atoms with E-state index in [2.05, 4.69) is 0 Å². The maximum atomic E-state index is 12.1. The van der Waals surface area contributed by atoms with Crippen LogP contribution in [0.5, 0.6) is 0 Å². The third kappa shape index (κ3) is 3.34. The average molecular weight is 280 g/mol. The number of nitrogen functional groups attached to an aromatic ring is 1. The SMILES string of the molecule is Nc1ccc(S(=O)CCc2ccccc2)cc1Cl. The molecule has 94 valence electrons. The molecule has 2 rings (SSSR count). The lowest BCUT2D eigenvalue weighted by atomic mass is 10.2. The molecular formula is C14H14ClNOS. The van der Waals surface area contributed by atoms with Crippen LogP contribution >= 0.6 is 11.6 Å². The number of hydrogen-bond acceptors (Lipinski definition) is 2. The molecule has 2 aromatic carbocycles. The number of aryl methyl sites for hydroxylation is 1. The summed E-state index contributed by atoms with van der Waals surface area (Å²) in [7, 11) is -1.04. The van der Waals surface area contributed by atoms with Gasteiger partial charge >= 0.3 is 0 Å². The molecule has 0 aliphatic rings. The Morgan fingerprint density at radius 3 is 2.50 bits per heavy atom. The van der Waals surface area contributed by atoms with Gasteiger partial charge < -0.3 is 5.73 Å². The molecule has 0 heterocycles. The zero-order valence-corrected chi connectivity index (χ0v) is 11.4. The molecule has 0 radical (unpaired) electrons. The summed E-state index contributed by atoms with van der Waals surface area (Å²) in [5, 5.41) is 0.459. The van der Waals surface area contributed by atoms with Gasteiger partial charge in [-0.25, -0.2) is 0 Å². The van der Waals surface area contributed by atoms with Crippen molar-refractivity contribution < 1.29 is 4.21 Å². The minimum Gasteiger partial charge on any atom is -0.398 e. The molecular weight excluding hydrogens is 266 g/mol. The standard InChI is InChI=1S/C14H14ClNOS/c15-13-10-12(6-7-14(13)16)18(17)9-8-11-4-2-1-3-5-11/h1-7,10H,8-9,16H2. The molecule has 0 aliphatic carbocycles. The summed E-state index contributed by atoms with van der Waals surface area (Å²) < 4.78 is 12.1. The number of halogens is 1. The van der Waals surface area contributed by atoms with Gasteiger partial charge in [0, 0.05) is 10.6 Å². The maximum absolute atomic E-state index is 12.1. The fourth-order valence-corrected chi connectivity index (χ4v) is 2.99. The number of nitrogens with two attached hydrogens (primary N) is 1. The molecule has 2 aromatic rings. The first kappa shape index (κ1) is 13.1. The van der Waals surface area contributed by atoms with Crippen LogP contribution in [0.15, 0.2) is 53.4 Å². The molecule has 2 N–H and O–H groups in total. The summed E-state index contributed by atoms with van der Waals surface area (Å²) in [5.74, 6) is 0.588. The van der Waals surface area contributed by atoms with Gasteiger partial charge in [0.05, 0.1) is 21.5 Å². The summed E-state index contributed by atoms with van der Waals surface area (Å²) in [5.41, 5.74) is 7.32. The molecule has 4 heteroatoms. The molecule has 0 bridgehead atoms. The van der Waals surface area contributed by atoms with Crippen LogP contribution in [0.1, 0.15) is 5.56 Å². The smallest absolute Gasteiger partial charge is 0.0647 e. The lowest BCUT2D eigenvalue weighted by Crippen LogP contribution is -2.02. The first-order valence-electron chi connectivity index (χ1n) is 5.64. The van der Waals surface area contributed by atoms with Gasteiger partial charge in [-0.3, -0.25) is 4.21 Å². The molecule has 1 unspecified atom stereocenters. The van der Waals surface area contributed by atoms with Crippen LogP contribution in [0.4, 0.5) is 5.69 Å². The highest BCUT2D eigenvalue weighted by atomic mass is 35.5. The van der Waals surface area contributed by atoms with Gasteiger partial charge in [0.2, 0.25) is 0 Å². The molecule has 0 aromatic heterocycles. The zero-order valence-electron chi connectivity index (χ0n) is 9.80. The van der Waals surface area contributed by atoms with E-state index in [1.54, 1.807) is 18.2 Å². The lowest BCUT2D eigenvalue weighted by Gasteiger charge is -2.04. The predicted octanol–water partition coefficient (Wildman–Crippen LogP) is 3.27. The van der Waals surface area contributed by atoms with E-state index < -0.39 is 10.8 Å². The van der Waals surface area contributed by atoms with E-state index in [0.29, 0.717) is 16.5 Å². The fraction of sp³-hybridized carbons (Fsp3) is 0.143. The molecule has 0 spiro atoms. The Hall–Kier alpha value is -1.32. The van der Waals surface area contributed by atoms with Crippen LogP contribution in [0.3, 0.4) is 0 Å². The van der Waals surface area contributed by atoms with Gasteiger partial charge in [0.25, 0.3) is 0 Å². The number of hydrogen-bond donors (Lipinski definition) is 1. The van der Waals surface area contributed by atoms with Gasteiger partial charge in [-0.2, -0.15) is 0 Å². The second-order valence-electron chi connectivity index (χ2n) is 3.97. The normalized spacial score (nSPS) is 12.3. The number of benzene rings is 2. The average Bonchev–Trinajstić information content (AvgIpc) is 2.40. The molecule has 2 nitrogen and oxygen atoms in total. The molecule has 0 fully saturated rings. The molecule has 0 aliphatic heterocycles. The van der Waals surface area contributed by atoms with Crippen molar-refractivity contribution in [1.82, 2.24) is 0 Å².